The number of carbonyl (C=O) groups is 1. The highest BCUT2D eigenvalue weighted by molar-refractivity contribution is 7.89. The molecule has 3 rings (SSSR count). The molecule has 1 fully saturated rings. The smallest absolute Gasteiger partial charge is 0.251 e. The van der Waals surface area contributed by atoms with E-state index in [4.69, 9.17) is 4.52 Å². The third-order valence-corrected chi connectivity index (χ3v) is 6.62. The number of nitrogens with one attached hydrogen (secondary N) is 2. The number of rotatable bonds is 9. The van der Waals surface area contributed by atoms with E-state index in [2.05, 4.69) is 20.2 Å². The molecule has 1 aromatic carbocycles. The summed E-state index contributed by atoms with van der Waals surface area (Å²) >= 11 is 0. The fourth-order valence-electron chi connectivity index (χ4n) is 2.82. The lowest BCUT2D eigenvalue weighted by atomic mass is 10.0. The van der Waals surface area contributed by atoms with E-state index in [1.807, 2.05) is 20.8 Å². The summed E-state index contributed by atoms with van der Waals surface area (Å²) in [6.07, 6.45) is 2.83. The van der Waals surface area contributed by atoms with Crippen LogP contribution in [0.5, 0.6) is 0 Å². The van der Waals surface area contributed by atoms with Gasteiger partial charge in [-0.15, -0.1) is 0 Å². The van der Waals surface area contributed by atoms with Gasteiger partial charge in [-0.05, 0) is 56.4 Å². The number of aromatic nitrogens is 2. The number of nitrogens with zero attached hydrogens (tertiary/aromatic N) is 2. The first-order chi connectivity index (χ1) is 13.7. The lowest BCUT2D eigenvalue weighted by Crippen LogP contribution is -2.33. The summed E-state index contributed by atoms with van der Waals surface area (Å²) in [5.74, 6) is 1.18. The molecule has 158 valence electrons. The molecule has 1 aliphatic rings. The van der Waals surface area contributed by atoms with Crippen LogP contribution in [0.3, 0.4) is 0 Å². The first kappa shape index (κ1) is 21.4. The minimum absolute atomic E-state index is 0.0471. The molecule has 0 bridgehead atoms. The van der Waals surface area contributed by atoms with Crippen molar-refractivity contribution in [3.05, 3.63) is 41.5 Å². The third kappa shape index (κ3) is 5.22. The summed E-state index contributed by atoms with van der Waals surface area (Å²) in [5, 5.41) is 6.94. The average Bonchev–Trinajstić information content (AvgIpc) is 3.42. The Hall–Kier alpha value is -2.26. The van der Waals surface area contributed by atoms with Gasteiger partial charge >= 0.3 is 0 Å². The maximum atomic E-state index is 12.7. The fourth-order valence-corrected chi connectivity index (χ4v) is 4.15. The molecule has 0 aliphatic heterocycles. The van der Waals surface area contributed by atoms with Crippen LogP contribution in [0, 0.1) is 5.92 Å². The normalized spacial score (nSPS) is 16.6. The second-order valence-corrected chi connectivity index (χ2v) is 9.63. The summed E-state index contributed by atoms with van der Waals surface area (Å²) in [6.45, 7) is 7.63. The van der Waals surface area contributed by atoms with Crippen LogP contribution in [0.15, 0.2) is 33.7 Å². The van der Waals surface area contributed by atoms with Crippen LogP contribution >= 0.6 is 0 Å². The topological polar surface area (TPSA) is 114 Å². The van der Waals surface area contributed by atoms with E-state index in [-0.39, 0.29) is 22.8 Å². The second kappa shape index (κ2) is 8.62. The standard InChI is InChI=1S/C20H28N4O4S/c1-5-13(4)24-29(26,27)16-10-8-15(9-11-16)19(25)21-17(12(2)3)20-22-18(23-28-20)14-6-7-14/h8-14,17,24H,5-7H2,1-4H3,(H,21,25). The van der Waals surface area contributed by atoms with E-state index in [0.717, 1.165) is 12.8 Å². The van der Waals surface area contributed by atoms with E-state index in [9.17, 15) is 13.2 Å². The van der Waals surface area contributed by atoms with E-state index in [1.54, 1.807) is 6.92 Å². The fraction of sp³-hybridized carbons (Fsp3) is 0.550. The Morgan fingerprint density at radius 3 is 2.41 bits per heavy atom. The molecule has 2 atom stereocenters. The van der Waals surface area contributed by atoms with E-state index in [1.165, 1.54) is 24.3 Å². The molecule has 1 aromatic heterocycles. The molecule has 9 heteroatoms. The number of hydrogen-bond donors (Lipinski definition) is 2. The van der Waals surface area contributed by atoms with Crippen LogP contribution in [-0.2, 0) is 10.0 Å². The lowest BCUT2D eigenvalue weighted by Gasteiger charge is -2.18. The Bertz CT molecular complexity index is 949. The molecule has 2 N–H and O–H groups in total. The maximum absolute atomic E-state index is 12.7. The average molecular weight is 421 g/mol. The van der Waals surface area contributed by atoms with Gasteiger partial charge in [-0.2, -0.15) is 4.98 Å². The van der Waals surface area contributed by atoms with Crippen molar-refractivity contribution in [2.45, 2.75) is 69.9 Å². The van der Waals surface area contributed by atoms with Crippen LogP contribution in [0.1, 0.15) is 81.0 Å². The van der Waals surface area contributed by atoms with Gasteiger partial charge in [0, 0.05) is 17.5 Å². The first-order valence-corrected chi connectivity index (χ1v) is 11.5. The van der Waals surface area contributed by atoms with E-state index >= 15 is 0 Å². The number of benzene rings is 1. The van der Waals surface area contributed by atoms with Crippen LogP contribution in [0.4, 0.5) is 0 Å². The quantitative estimate of drug-likeness (QED) is 0.644. The predicted octanol–water partition coefficient (Wildman–Crippen LogP) is 3.15. The van der Waals surface area contributed by atoms with Gasteiger partial charge < -0.3 is 9.84 Å². The zero-order valence-electron chi connectivity index (χ0n) is 17.2. The van der Waals surface area contributed by atoms with Gasteiger partial charge in [0.25, 0.3) is 5.91 Å². The molecule has 1 saturated carbocycles. The molecule has 1 heterocycles. The number of amides is 1. The van der Waals surface area contributed by atoms with E-state index in [0.29, 0.717) is 29.6 Å². The monoisotopic (exact) mass is 420 g/mol. The Morgan fingerprint density at radius 2 is 1.86 bits per heavy atom. The minimum atomic E-state index is -3.61. The lowest BCUT2D eigenvalue weighted by molar-refractivity contribution is 0.0914. The van der Waals surface area contributed by atoms with Crippen LogP contribution in [0.25, 0.3) is 0 Å². The van der Waals surface area contributed by atoms with Crippen molar-refractivity contribution in [2.75, 3.05) is 0 Å². The second-order valence-electron chi connectivity index (χ2n) is 7.92. The van der Waals surface area contributed by atoms with E-state index < -0.39 is 16.1 Å². The highest BCUT2D eigenvalue weighted by Crippen LogP contribution is 2.38. The van der Waals surface area contributed by atoms with Crippen molar-refractivity contribution in [3.63, 3.8) is 0 Å². The molecule has 0 saturated heterocycles. The summed E-state index contributed by atoms with van der Waals surface area (Å²) in [5.41, 5.74) is 0.361. The van der Waals surface area contributed by atoms with Crippen LogP contribution < -0.4 is 10.0 Å². The van der Waals surface area contributed by atoms with Crippen LogP contribution in [0.2, 0.25) is 0 Å². The molecule has 0 spiro atoms. The highest BCUT2D eigenvalue weighted by Gasteiger charge is 2.31. The molecule has 1 amide bonds. The number of hydrogen-bond acceptors (Lipinski definition) is 6. The minimum Gasteiger partial charge on any atom is -0.340 e. The molecule has 29 heavy (non-hydrogen) atoms. The van der Waals surface area contributed by atoms with Gasteiger partial charge in [-0.1, -0.05) is 25.9 Å². The van der Waals surface area contributed by atoms with Crippen molar-refractivity contribution < 1.29 is 17.7 Å². The summed E-state index contributed by atoms with van der Waals surface area (Å²) in [7, 11) is -3.61. The maximum Gasteiger partial charge on any atom is 0.251 e. The molecule has 8 nitrogen and oxygen atoms in total. The Morgan fingerprint density at radius 1 is 1.21 bits per heavy atom. The van der Waals surface area contributed by atoms with Crippen molar-refractivity contribution in [1.82, 2.24) is 20.2 Å². The Kier molecular flexibility index (Phi) is 6.38. The molecule has 2 unspecified atom stereocenters. The van der Waals surface area contributed by atoms with Crippen molar-refractivity contribution >= 4 is 15.9 Å². The summed E-state index contributed by atoms with van der Waals surface area (Å²) < 4.78 is 32.7. The van der Waals surface area contributed by atoms with Crippen molar-refractivity contribution in [2.24, 2.45) is 5.92 Å². The van der Waals surface area contributed by atoms with Gasteiger partial charge in [0.15, 0.2) is 5.82 Å². The van der Waals surface area contributed by atoms with Gasteiger partial charge in [0.2, 0.25) is 15.9 Å². The Balaban J connectivity index is 1.71. The SMILES string of the molecule is CCC(C)NS(=O)(=O)c1ccc(C(=O)NC(c2nc(C3CC3)no2)C(C)C)cc1. The van der Waals surface area contributed by atoms with Gasteiger partial charge in [0.1, 0.15) is 6.04 Å². The largest absolute Gasteiger partial charge is 0.340 e. The third-order valence-electron chi connectivity index (χ3n) is 5.01. The molecule has 2 aromatic rings. The molecule has 0 radical (unpaired) electrons. The Labute approximate surface area is 171 Å². The predicted molar refractivity (Wildman–Crippen MR) is 108 cm³/mol. The van der Waals surface area contributed by atoms with Gasteiger partial charge in [0.05, 0.1) is 4.90 Å². The summed E-state index contributed by atoms with van der Waals surface area (Å²) in [4.78, 5) is 17.3. The zero-order valence-corrected chi connectivity index (χ0v) is 18.0. The van der Waals surface area contributed by atoms with Crippen LogP contribution in [-0.4, -0.2) is 30.5 Å². The summed E-state index contributed by atoms with van der Waals surface area (Å²) in [6, 6.07) is 5.29. The van der Waals surface area contributed by atoms with Crippen molar-refractivity contribution in [1.29, 1.82) is 0 Å². The zero-order chi connectivity index (χ0) is 21.2. The number of carbonyl (C=O) groups excluding carboxylic acids is 1. The number of sulfonamides is 1. The highest BCUT2D eigenvalue weighted by atomic mass is 32.2. The first-order valence-electron chi connectivity index (χ1n) is 9.98. The van der Waals surface area contributed by atoms with Gasteiger partial charge in [-0.3, -0.25) is 4.79 Å². The van der Waals surface area contributed by atoms with Gasteiger partial charge in [-0.25, -0.2) is 13.1 Å². The van der Waals surface area contributed by atoms with Crippen molar-refractivity contribution in [3.8, 4) is 0 Å². The molecular weight excluding hydrogens is 392 g/mol. The molecule has 1 aliphatic carbocycles. The molecular formula is C20H28N4O4S.